The van der Waals surface area contributed by atoms with Crippen LogP contribution in [0.15, 0.2) is 26.0 Å². The third-order valence-electron chi connectivity index (χ3n) is 5.60. The van der Waals surface area contributed by atoms with E-state index in [-0.39, 0.29) is 5.09 Å². The third kappa shape index (κ3) is 3.49. The summed E-state index contributed by atoms with van der Waals surface area (Å²) in [5.41, 5.74) is 5.32. The normalized spacial score (nSPS) is 16.9. The van der Waals surface area contributed by atoms with Crippen molar-refractivity contribution in [2.75, 3.05) is 5.32 Å². The van der Waals surface area contributed by atoms with Gasteiger partial charge in [0.15, 0.2) is 0 Å². The van der Waals surface area contributed by atoms with E-state index in [9.17, 15) is 14.1 Å². The number of aliphatic hydroxyl groups is 1. The number of nitrogens with one attached hydrogen (secondary N) is 1. The first-order valence-corrected chi connectivity index (χ1v) is 10.8. The van der Waals surface area contributed by atoms with Crippen molar-refractivity contribution in [1.29, 1.82) is 0 Å². The number of benzene rings is 1. The van der Waals surface area contributed by atoms with Crippen LogP contribution in [0.1, 0.15) is 60.3 Å². The predicted octanol–water partition coefficient (Wildman–Crippen LogP) is 4.53. The number of furan rings is 1. The number of amides is 2. The van der Waals surface area contributed by atoms with Crippen LogP contribution in [0.2, 0.25) is 0 Å². The first kappa shape index (κ1) is 19.2. The molecule has 7 heteroatoms. The molecule has 1 aromatic heterocycles. The van der Waals surface area contributed by atoms with Gasteiger partial charge in [-0.15, -0.1) is 10.6 Å². The van der Waals surface area contributed by atoms with E-state index in [1.54, 1.807) is 20.8 Å². The Morgan fingerprint density at radius 3 is 2.29 bits per heavy atom. The molecule has 6 nitrogen and oxygen atoms in total. The summed E-state index contributed by atoms with van der Waals surface area (Å²) in [6.45, 7) is 4.93. The smallest absolute Gasteiger partial charge is 0.322 e. The van der Waals surface area contributed by atoms with Crippen molar-refractivity contribution in [2.45, 2.75) is 70.0 Å². The summed E-state index contributed by atoms with van der Waals surface area (Å²) in [6.07, 6.45) is 6.17. The fraction of sp³-hybridized carbons (Fsp3) is 0.476. The average Bonchev–Trinajstić information content (AvgIpc) is 3.32. The van der Waals surface area contributed by atoms with Gasteiger partial charge >= 0.3 is 6.03 Å². The summed E-state index contributed by atoms with van der Waals surface area (Å²) in [4.78, 5) is 12.5. The van der Waals surface area contributed by atoms with Crippen LogP contribution >= 0.6 is 0 Å². The van der Waals surface area contributed by atoms with E-state index in [0.29, 0.717) is 11.3 Å². The predicted molar refractivity (Wildman–Crippen MR) is 107 cm³/mol. The van der Waals surface area contributed by atoms with Crippen LogP contribution in [0, 0.1) is 6.92 Å². The minimum atomic E-state index is -1.97. The summed E-state index contributed by atoms with van der Waals surface area (Å²) < 4.78 is 21.8. The van der Waals surface area contributed by atoms with Crippen molar-refractivity contribution < 1.29 is 18.5 Å². The van der Waals surface area contributed by atoms with Crippen LogP contribution in [0.3, 0.4) is 0 Å². The lowest BCUT2D eigenvalue weighted by atomic mass is 9.99. The van der Waals surface area contributed by atoms with Gasteiger partial charge in [0.05, 0.1) is 10.7 Å². The number of aryl methyl sites for hydroxylation is 3. The van der Waals surface area contributed by atoms with E-state index in [1.165, 1.54) is 28.3 Å². The van der Waals surface area contributed by atoms with Gasteiger partial charge in [0.1, 0.15) is 5.76 Å². The Labute approximate surface area is 166 Å². The molecule has 0 radical (unpaired) electrons. The van der Waals surface area contributed by atoms with Crippen LogP contribution in [0.4, 0.5) is 10.5 Å². The monoisotopic (exact) mass is 401 g/mol. The van der Waals surface area contributed by atoms with E-state index in [4.69, 9.17) is 4.42 Å². The average molecular weight is 402 g/mol. The van der Waals surface area contributed by atoms with Crippen molar-refractivity contribution in [2.24, 2.45) is 4.36 Å². The molecule has 0 spiro atoms. The molecule has 4 rings (SSSR count). The van der Waals surface area contributed by atoms with Crippen LogP contribution in [-0.2, 0) is 46.1 Å². The quantitative estimate of drug-likeness (QED) is 0.739. The molecular formula is C21H25N2O4S-. The summed E-state index contributed by atoms with van der Waals surface area (Å²) in [6, 6.07) is 3.16. The first-order chi connectivity index (χ1) is 13.2. The molecule has 2 aliphatic carbocycles. The third-order valence-corrected chi connectivity index (χ3v) is 6.47. The maximum absolute atomic E-state index is 12.5. The Hall–Kier alpha value is -2.12. The summed E-state index contributed by atoms with van der Waals surface area (Å²) in [7, 11) is -1.97. The topological polar surface area (TPSA) is 91.9 Å². The van der Waals surface area contributed by atoms with Crippen LogP contribution in [0.25, 0.3) is 0 Å². The van der Waals surface area contributed by atoms with Gasteiger partial charge < -0.3 is 23.4 Å². The SMILES string of the molecule is Cc1oc([S-](=O)=NC(=O)Nc2c3c(cc4c2CCC4)CCC3)cc1C(C)(C)O. The lowest BCUT2D eigenvalue weighted by Gasteiger charge is -2.15. The number of hydrogen-bond acceptors (Lipinski definition) is 5. The maximum Gasteiger partial charge on any atom is 0.322 e. The number of urea groups is 1. The minimum absolute atomic E-state index is 0.0632. The van der Waals surface area contributed by atoms with Crippen LogP contribution in [-0.4, -0.2) is 11.1 Å². The number of rotatable bonds is 3. The van der Waals surface area contributed by atoms with Gasteiger partial charge in [-0.05, 0) is 87.6 Å². The van der Waals surface area contributed by atoms with Crippen molar-refractivity contribution in [3.05, 3.63) is 45.7 Å². The fourth-order valence-corrected chi connectivity index (χ4v) is 5.07. The number of carbonyl (C=O) groups is 1. The minimum Gasteiger partial charge on any atom is -0.485 e. The van der Waals surface area contributed by atoms with Gasteiger partial charge in [-0.3, -0.25) is 0 Å². The van der Waals surface area contributed by atoms with Crippen molar-refractivity contribution in [3.63, 3.8) is 0 Å². The highest BCUT2D eigenvalue weighted by molar-refractivity contribution is 7.75. The molecule has 0 saturated carbocycles. The number of nitrogens with zero attached hydrogens (tertiary/aromatic N) is 1. The summed E-state index contributed by atoms with van der Waals surface area (Å²) in [5.74, 6) is 0.463. The lowest BCUT2D eigenvalue weighted by molar-refractivity contribution is 0.0769. The highest BCUT2D eigenvalue weighted by atomic mass is 32.2. The summed E-state index contributed by atoms with van der Waals surface area (Å²) >= 11 is 0. The molecule has 2 amide bonds. The highest BCUT2D eigenvalue weighted by Crippen LogP contribution is 2.38. The van der Waals surface area contributed by atoms with E-state index >= 15 is 0 Å². The molecule has 0 aliphatic heterocycles. The molecule has 2 aliphatic rings. The van der Waals surface area contributed by atoms with Gasteiger partial charge in [0, 0.05) is 11.3 Å². The highest BCUT2D eigenvalue weighted by Gasteiger charge is 2.25. The second-order valence-electron chi connectivity index (χ2n) is 8.10. The maximum atomic E-state index is 12.5. The zero-order chi connectivity index (χ0) is 20.1. The molecule has 0 bridgehead atoms. The van der Waals surface area contributed by atoms with Crippen LogP contribution < -0.4 is 5.32 Å². The largest absolute Gasteiger partial charge is 0.485 e. The zero-order valence-corrected chi connectivity index (χ0v) is 17.2. The number of anilines is 1. The van der Waals surface area contributed by atoms with Gasteiger partial charge in [-0.2, -0.15) is 0 Å². The van der Waals surface area contributed by atoms with E-state index in [1.807, 2.05) is 0 Å². The molecule has 28 heavy (non-hydrogen) atoms. The molecule has 150 valence electrons. The molecule has 0 fully saturated rings. The molecule has 2 aromatic rings. The first-order valence-electron chi connectivity index (χ1n) is 9.68. The fourth-order valence-electron chi connectivity index (χ4n) is 4.37. The Kier molecular flexibility index (Phi) is 4.83. The van der Waals surface area contributed by atoms with E-state index in [2.05, 4.69) is 15.7 Å². The molecule has 2 N–H and O–H groups in total. The van der Waals surface area contributed by atoms with Crippen molar-refractivity contribution in [1.82, 2.24) is 0 Å². The molecule has 1 heterocycles. The zero-order valence-electron chi connectivity index (χ0n) is 16.4. The van der Waals surface area contributed by atoms with E-state index in [0.717, 1.165) is 44.2 Å². The number of carbonyl (C=O) groups excluding carboxylic acids is 1. The van der Waals surface area contributed by atoms with Gasteiger partial charge in [0.2, 0.25) is 0 Å². The lowest BCUT2D eigenvalue weighted by Crippen LogP contribution is -2.15. The van der Waals surface area contributed by atoms with Crippen LogP contribution in [0.5, 0.6) is 0 Å². The summed E-state index contributed by atoms with van der Waals surface area (Å²) in [5, 5.41) is 13.1. The molecular weight excluding hydrogens is 376 g/mol. The molecule has 0 saturated heterocycles. The Morgan fingerprint density at radius 1 is 1.14 bits per heavy atom. The molecule has 0 atom stereocenters. The second kappa shape index (κ2) is 7.04. The standard InChI is InChI=1S/C21H25N2O4S/c1-12-17(21(2,3)25)11-18(27-12)28(26)23-20(24)22-19-15-8-4-6-13(15)10-14-7-5-9-16(14)19/h10-11,25H,4-9H2,1-3H3,(H,22,24)/q-1. The van der Waals surface area contributed by atoms with E-state index < -0.39 is 22.2 Å². The second-order valence-corrected chi connectivity index (χ2v) is 9.18. The number of hydrogen-bond donors (Lipinski definition) is 2. The Balaban J connectivity index is 1.61. The number of fused-ring (bicyclic) bond motifs is 2. The molecule has 1 aromatic carbocycles. The van der Waals surface area contributed by atoms with Gasteiger partial charge in [-0.1, -0.05) is 6.07 Å². The van der Waals surface area contributed by atoms with Crippen molar-refractivity contribution >= 4 is 22.3 Å². The van der Waals surface area contributed by atoms with Gasteiger partial charge in [-0.25, -0.2) is 4.79 Å². The Bertz CT molecular complexity index is 1010. The van der Waals surface area contributed by atoms with Gasteiger partial charge in [0.25, 0.3) is 0 Å². The Morgan fingerprint density at radius 2 is 1.75 bits per heavy atom. The van der Waals surface area contributed by atoms with Crippen molar-refractivity contribution in [3.8, 4) is 0 Å². The molecule has 0 unspecified atom stereocenters.